The fourth-order valence-electron chi connectivity index (χ4n) is 3.19. The van der Waals surface area contributed by atoms with E-state index in [-0.39, 0.29) is 11.8 Å². The maximum absolute atomic E-state index is 12.6. The third kappa shape index (κ3) is 3.38. The Labute approximate surface area is 136 Å². The molecule has 0 atom stereocenters. The fraction of sp³-hybridized carbons (Fsp3) is 0.444. The molecule has 3 rings (SSSR count). The van der Waals surface area contributed by atoms with Gasteiger partial charge in [-0.15, -0.1) is 0 Å². The van der Waals surface area contributed by atoms with Gasteiger partial charge in [0, 0.05) is 49.7 Å². The zero-order chi connectivity index (χ0) is 16.2. The highest BCUT2D eigenvalue weighted by molar-refractivity contribution is 5.89. The van der Waals surface area contributed by atoms with Crippen LogP contribution < -0.4 is 0 Å². The molecule has 1 aliphatic rings. The summed E-state index contributed by atoms with van der Waals surface area (Å²) < 4.78 is 0. The van der Waals surface area contributed by atoms with Gasteiger partial charge in [-0.1, -0.05) is 25.1 Å². The van der Waals surface area contributed by atoms with Crippen LogP contribution in [0, 0.1) is 0 Å². The summed E-state index contributed by atoms with van der Waals surface area (Å²) in [5.74, 6) is 0.316. The van der Waals surface area contributed by atoms with Crippen molar-refractivity contribution in [3.8, 4) is 0 Å². The Morgan fingerprint density at radius 3 is 2.48 bits per heavy atom. The second-order valence-electron chi connectivity index (χ2n) is 6.00. The lowest BCUT2D eigenvalue weighted by Crippen LogP contribution is -2.37. The topological polar surface area (TPSA) is 56.4 Å². The number of amides is 2. The molecule has 1 fully saturated rings. The van der Waals surface area contributed by atoms with Crippen LogP contribution in [0.4, 0.5) is 0 Å². The van der Waals surface area contributed by atoms with E-state index in [2.05, 4.69) is 4.98 Å². The Bertz CT molecular complexity index is 707. The average Bonchev–Trinajstić information content (AvgIpc) is 2.82. The van der Waals surface area contributed by atoms with Crippen LogP contribution in [0.5, 0.6) is 0 Å². The van der Waals surface area contributed by atoms with Crippen LogP contribution in [-0.4, -0.2) is 52.8 Å². The molecule has 122 valence electrons. The second-order valence-corrected chi connectivity index (χ2v) is 6.00. The molecule has 1 N–H and O–H groups in total. The van der Waals surface area contributed by atoms with Crippen molar-refractivity contribution < 1.29 is 9.59 Å². The Morgan fingerprint density at radius 1 is 1.04 bits per heavy atom. The number of aromatic amines is 1. The highest BCUT2D eigenvalue weighted by Gasteiger charge is 2.21. The monoisotopic (exact) mass is 313 g/mol. The molecule has 0 spiro atoms. The van der Waals surface area contributed by atoms with E-state index in [4.69, 9.17) is 0 Å². The number of aromatic nitrogens is 1. The van der Waals surface area contributed by atoms with E-state index in [1.807, 2.05) is 47.2 Å². The first kappa shape index (κ1) is 15.6. The van der Waals surface area contributed by atoms with Gasteiger partial charge < -0.3 is 14.8 Å². The zero-order valence-electron chi connectivity index (χ0n) is 13.5. The average molecular weight is 313 g/mol. The zero-order valence-corrected chi connectivity index (χ0v) is 13.5. The smallest absolute Gasteiger partial charge is 0.227 e. The number of carbonyl (C=O) groups excluding carboxylic acids is 2. The van der Waals surface area contributed by atoms with E-state index in [9.17, 15) is 9.59 Å². The largest absolute Gasteiger partial charge is 0.361 e. The quantitative estimate of drug-likeness (QED) is 0.944. The SMILES string of the molecule is CCC(=O)N1CCCN(C(=O)Cc2c[nH]c3ccccc23)CC1. The molecule has 2 amide bonds. The summed E-state index contributed by atoms with van der Waals surface area (Å²) in [5, 5.41) is 1.11. The summed E-state index contributed by atoms with van der Waals surface area (Å²) in [5.41, 5.74) is 2.10. The van der Waals surface area contributed by atoms with Gasteiger partial charge in [0.25, 0.3) is 0 Å². The van der Waals surface area contributed by atoms with Crippen LogP contribution in [0.15, 0.2) is 30.5 Å². The molecular weight excluding hydrogens is 290 g/mol. The van der Waals surface area contributed by atoms with Gasteiger partial charge in [0.05, 0.1) is 6.42 Å². The molecule has 23 heavy (non-hydrogen) atoms. The van der Waals surface area contributed by atoms with Gasteiger partial charge in [0.15, 0.2) is 0 Å². The summed E-state index contributed by atoms with van der Waals surface area (Å²) in [6, 6.07) is 8.03. The molecule has 2 heterocycles. The van der Waals surface area contributed by atoms with Crippen LogP contribution in [-0.2, 0) is 16.0 Å². The highest BCUT2D eigenvalue weighted by Crippen LogP contribution is 2.19. The van der Waals surface area contributed by atoms with Crippen molar-refractivity contribution in [3.63, 3.8) is 0 Å². The van der Waals surface area contributed by atoms with Crippen LogP contribution in [0.2, 0.25) is 0 Å². The van der Waals surface area contributed by atoms with E-state index in [1.54, 1.807) is 0 Å². The second kappa shape index (κ2) is 6.86. The van der Waals surface area contributed by atoms with Gasteiger partial charge in [0.2, 0.25) is 11.8 Å². The van der Waals surface area contributed by atoms with E-state index in [0.29, 0.717) is 25.9 Å². The summed E-state index contributed by atoms with van der Waals surface area (Å²) in [6.07, 6.45) is 3.72. The number of nitrogens with zero attached hydrogens (tertiary/aromatic N) is 2. The number of para-hydroxylation sites is 1. The van der Waals surface area contributed by atoms with Crippen LogP contribution in [0.25, 0.3) is 10.9 Å². The summed E-state index contributed by atoms with van der Waals surface area (Å²) in [7, 11) is 0. The Morgan fingerprint density at radius 2 is 1.74 bits per heavy atom. The number of rotatable bonds is 3. The van der Waals surface area contributed by atoms with Crippen molar-refractivity contribution in [3.05, 3.63) is 36.0 Å². The van der Waals surface area contributed by atoms with Gasteiger partial charge in [-0.05, 0) is 18.1 Å². The molecule has 1 aliphatic heterocycles. The van der Waals surface area contributed by atoms with Crippen molar-refractivity contribution in [2.24, 2.45) is 0 Å². The normalized spacial score (nSPS) is 15.7. The molecule has 0 saturated carbocycles. The van der Waals surface area contributed by atoms with E-state index in [0.717, 1.165) is 36.0 Å². The molecule has 5 heteroatoms. The predicted molar refractivity (Wildman–Crippen MR) is 90.1 cm³/mol. The minimum Gasteiger partial charge on any atom is -0.361 e. The van der Waals surface area contributed by atoms with Crippen molar-refractivity contribution in [2.45, 2.75) is 26.2 Å². The number of hydrogen-bond donors (Lipinski definition) is 1. The molecule has 0 aliphatic carbocycles. The molecule has 0 bridgehead atoms. The minimum atomic E-state index is 0.139. The molecule has 1 saturated heterocycles. The van der Waals surface area contributed by atoms with E-state index >= 15 is 0 Å². The number of benzene rings is 1. The maximum Gasteiger partial charge on any atom is 0.227 e. The fourth-order valence-corrected chi connectivity index (χ4v) is 3.19. The third-order valence-electron chi connectivity index (χ3n) is 4.52. The van der Waals surface area contributed by atoms with Gasteiger partial charge in [-0.25, -0.2) is 0 Å². The number of nitrogens with one attached hydrogen (secondary N) is 1. The number of H-pyrrole nitrogens is 1. The Hall–Kier alpha value is -2.30. The van der Waals surface area contributed by atoms with Gasteiger partial charge >= 0.3 is 0 Å². The number of carbonyl (C=O) groups is 2. The number of fused-ring (bicyclic) bond motifs is 1. The van der Waals surface area contributed by atoms with E-state index < -0.39 is 0 Å². The molecule has 5 nitrogen and oxygen atoms in total. The van der Waals surface area contributed by atoms with Crippen molar-refractivity contribution in [1.82, 2.24) is 14.8 Å². The van der Waals surface area contributed by atoms with Gasteiger partial charge in [-0.2, -0.15) is 0 Å². The predicted octanol–water partition coefficient (Wildman–Crippen LogP) is 2.18. The first-order valence-corrected chi connectivity index (χ1v) is 8.29. The molecular formula is C18H23N3O2. The Kier molecular flexibility index (Phi) is 4.65. The molecule has 1 aromatic carbocycles. The summed E-state index contributed by atoms with van der Waals surface area (Å²) in [6.45, 7) is 4.64. The lowest BCUT2D eigenvalue weighted by atomic mass is 10.1. The molecule has 2 aromatic rings. The standard InChI is InChI=1S/C18H23N3O2/c1-2-17(22)20-8-5-9-21(11-10-20)18(23)12-14-13-19-16-7-4-3-6-15(14)16/h3-4,6-7,13,19H,2,5,8-12H2,1H3. The van der Waals surface area contributed by atoms with Gasteiger partial charge in [-0.3, -0.25) is 9.59 Å². The van der Waals surface area contributed by atoms with Crippen LogP contribution in [0.3, 0.4) is 0 Å². The highest BCUT2D eigenvalue weighted by atomic mass is 16.2. The summed E-state index contributed by atoms with van der Waals surface area (Å²) >= 11 is 0. The van der Waals surface area contributed by atoms with E-state index in [1.165, 1.54) is 0 Å². The third-order valence-corrected chi connectivity index (χ3v) is 4.52. The van der Waals surface area contributed by atoms with Crippen molar-refractivity contribution in [2.75, 3.05) is 26.2 Å². The van der Waals surface area contributed by atoms with Crippen LogP contribution in [0.1, 0.15) is 25.3 Å². The van der Waals surface area contributed by atoms with Crippen LogP contribution >= 0.6 is 0 Å². The maximum atomic E-state index is 12.6. The summed E-state index contributed by atoms with van der Waals surface area (Å²) in [4.78, 5) is 31.4. The number of hydrogen-bond acceptors (Lipinski definition) is 2. The van der Waals surface area contributed by atoms with Crippen molar-refractivity contribution >= 4 is 22.7 Å². The van der Waals surface area contributed by atoms with Gasteiger partial charge in [0.1, 0.15) is 0 Å². The lowest BCUT2D eigenvalue weighted by molar-refractivity contribution is -0.133. The molecule has 0 unspecified atom stereocenters. The first-order valence-electron chi connectivity index (χ1n) is 8.29. The van der Waals surface area contributed by atoms with Crippen molar-refractivity contribution in [1.29, 1.82) is 0 Å². The lowest BCUT2D eigenvalue weighted by Gasteiger charge is -2.22. The Balaban J connectivity index is 1.65. The minimum absolute atomic E-state index is 0.139. The first-order chi connectivity index (χ1) is 11.2. The molecule has 0 radical (unpaired) electrons. The molecule has 1 aromatic heterocycles.